The van der Waals surface area contributed by atoms with Crippen LogP contribution in [0.4, 0.5) is 0 Å². The average molecular weight is 420 g/mol. The van der Waals surface area contributed by atoms with Gasteiger partial charge in [-0.05, 0) is 67.1 Å². The van der Waals surface area contributed by atoms with Crippen LogP contribution in [0.3, 0.4) is 0 Å². The van der Waals surface area contributed by atoms with Crippen molar-refractivity contribution in [2.45, 2.75) is 52.7 Å². The number of hydrogen-bond donors (Lipinski definition) is 1. The number of nitrogens with zero attached hydrogens (tertiary/aromatic N) is 1. The Bertz CT molecular complexity index is 928. The molecule has 1 aliphatic rings. The van der Waals surface area contributed by atoms with Gasteiger partial charge in [0.1, 0.15) is 12.4 Å². The molecule has 4 heteroatoms. The van der Waals surface area contributed by atoms with Crippen molar-refractivity contribution in [2.75, 3.05) is 13.1 Å². The normalized spacial score (nSPS) is 13.6. The summed E-state index contributed by atoms with van der Waals surface area (Å²) in [6.45, 7) is 7.92. The molecule has 0 radical (unpaired) electrons. The second kappa shape index (κ2) is 11.5. The summed E-state index contributed by atoms with van der Waals surface area (Å²) in [5.74, 6) is 0.0232. The zero-order valence-electron chi connectivity index (χ0n) is 18.6. The largest absolute Gasteiger partial charge is 0.489 e. The molecule has 0 aromatic heterocycles. The Morgan fingerprint density at radius 3 is 2.55 bits per heavy atom. The number of rotatable bonds is 11. The number of carboxylic acid groups (broad SMARTS) is 1. The highest BCUT2D eigenvalue weighted by Crippen LogP contribution is 2.21. The summed E-state index contributed by atoms with van der Waals surface area (Å²) in [4.78, 5) is 13.2. The van der Waals surface area contributed by atoms with Crippen molar-refractivity contribution in [3.05, 3.63) is 88.5 Å². The molecule has 0 saturated carbocycles. The SMILES string of the molecule is CCN(CC1=C(C)CCC=C1)Cc1cccc(COc2ccc(CCC(=O)O)cc2)c1. The smallest absolute Gasteiger partial charge is 0.303 e. The number of allylic oxidation sites excluding steroid dienone is 2. The Hall–Kier alpha value is -2.85. The Morgan fingerprint density at radius 1 is 1.06 bits per heavy atom. The molecule has 0 spiro atoms. The lowest BCUT2D eigenvalue weighted by atomic mass is 9.98. The van der Waals surface area contributed by atoms with E-state index in [0.29, 0.717) is 13.0 Å². The lowest BCUT2D eigenvalue weighted by Gasteiger charge is -2.24. The molecule has 0 atom stereocenters. The first-order valence-electron chi connectivity index (χ1n) is 11.1. The van der Waals surface area contributed by atoms with Crippen molar-refractivity contribution in [3.8, 4) is 5.75 Å². The van der Waals surface area contributed by atoms with Gasteiger partial charge < -0.3 is 9.84 Å². The van der Waals surface area contributed by atoms with Gasteiger partial charge in [-0.15, -0.1) is 0 Å². The van der Waals surface area contributed by atoms with Crippen LogP contribution >= 0.6 is 0 Å². The maximum absolute atomic E-state index is 10.7. The molecule has 2 aromatic rings. The van der Waals surface area contributed by atoms with Crippen LogP contribution in [0.15, 0.2) is 71.8 Å². The van der Waals surface area contributed by atoms with E-state index in [1.807, 2.05) is 24.3 Å². The Labute approximate surface area is 185 Å². The fourth-order valence-electron chi connectivity index (χ4n) is 3.78. The van der Waals surface area contributed by atoms with E-state index >= 15 is 0 Å². The minimum absolute atomic E-state index is 0.148. The molecule has 2 aromatic carbocycles. The van der Waals surface area contributed by atoms with E-state index < -0.39 is 5.97 Å². The molecule has 31 heavy (non-hydrogen) atoms. The third-order valence-corrected chi connectivity index (χ3v) is 5.75. The van der Waals surface area contributed by atoms with Crippen LogP contribution in [0.1, 0.15) is 49.8 Å². The van der Waals surface area contributed by atoms with Gasteiger partial charge >= 0.3 is 5.97 Å². The summed E-state index contributed by atoms with van der Waals surface area (Å²) in [5.41, 5.74) is 6.42. The first-order valence-corrected chi connectivity index (χ1v) is 11.1. The van der Waals surface area contributed by atoms with Crippen molar-refractivity contribution in [1.29, 1.82) is 0 Å². The summed E-state index contributed by atoms with van der Waals surface area (Å²) in [6, 6.07) is 16.3. The predicted octanol–water partition coefficient (Wildman–Crippen LogP) is 5.77. The third-order valence-electron chi connectivity index (χ3n) is 5.75. The quantitative estimate of drug-likeness (QED) is 0.502. The van der Waals surface area contributed by atoms with Crippen LogP contribution in [-0.4, -0.2) is 29.1 Å². The van der Waals surface area contributed by atoms with Gasteiger partial charge in [0.15, 0.2) is 0 Å². The van der Waals surface area contributed by atoms with Crippen molar-refractivity contribution in [2.24, 2.45) is 0 Å². The lowest BCUT2D eigenvalue weighted by molar-refractivity contribution is -0.136. The molecule has 0 heterocycles. The highest BCUT2D eigenvalue weighted by Gasteiger charge is 2.10. The molecule has 1 aliphatic carbocycles. The second-order valence-corrected chi connectivity index (χ2v) is 8.20. The predicted molar refractivity (Wildman–Crippen MR) is 125 cm³/mol. The summed E-state index contributed by atoms with van der Waals surface area (Å²) in [6.07, 6.45) is 7.60. The highest BCUT2D eigenvalue weighted by atomic mass is 16.5. The molecular weight excluding hydrogens is 386 g/mol. The van der Waals surface area contributed by atoms with E-state index in [1.165, 1.54) is 23.1 Å². The molecule has 0 amide bonds. The van der Waals surface area contributed by atoms with Gasteiger partial charge in [-0.2, -0.15) is 0 Å². The average Bonchev–Trinajstić information content (AvgIpc) is 2.78. The fraction of sp³-hybridized carbons (Fsp3) is 0.370. The van der Waals surface area contributed by atoms with E-state index in [4.69, 9.17) is 9.84 Å². The van der Waals surface area contributed by atoms with Crippen molar-refractivity contribution in [1.82, 2.24) is 4.90 Å². The van der Waals surface area contributed by atoms with Gasteiger partial charge in [0.2, 0.25) is 0 Å². The van der Waals surface area contributed by atoms with Crippen molar-refractivity contribution < 1.29 is 14.6 Å². The first-order chi connectivity index (χ1) is 15.0. The number of carbonyl (C=O) groups is 1. The van der Waals surface area contributed by atoms with Crippen LogP contribution < -0.4 is 4.74 Å². The Kier molecular flexibility index (Phi) is 8.48. The third kappa shape index (κ3) is 7.41. The topological polar surface area (TPSA) is 49.8 Å². The second-order valence-electron chi connectivity index (χ2n) is 8.20. The zero-order chi connectivity index (χ0) is 22.1. The van der Waals surface area contributed by atoms with E-state index in [-0.39, 0.29) is 6.42 Å². The Morgan fingerprint density at radius 2 is 1.84 bits per heavy atom. The number of hydrogen-bond acceptors (Lipinski definition) is 3. The minimum Gasteiger partial charge on any atom is -0.489 e. The van der Waals surface area contributed by atoms with Crippen molar-refractivity contribution >= 4 is 5.97 Å². The monoisotopic (exact) mass is 419 g/mol. The standard InChI is InChI=1S/C27H33NO3/c1-3-28(19-25-10-5-4-7-21(25)2)18-23-8-6-9-24(17-23)20-31-26-14-11-22(12-15-26)13-16-27(29)30/h5-6,8-12,14-15,17H,3-4,7,13,16,18-20H2,1-2H3,(H,29,30). The summed E-state index contributed by atoms with van der Waals surface area (Å²) in [7, 11) is 0. The van der Waals surface area contributed by atoms with E-state index in [1.54, 1.807) is 0 Å². The first kappa shape index (κ1) is 22.8. The molecule has 0 fully saturated rings. The molecule has 4 nitrogen and oxygen atoms in total. The van der Waals surface area contributed by atoms with Gasteiger partial charge in [-0.3, -0.25) is 9.69 Å². The van der Waals surface area contributed by atoms with Crippen LogP contribution in [0.2, 0.25) is 0 Å². The number of aliphatic carboxylic acids is 1. The summed E-state index contributed by atoms with van der Waals surface area (Å²) >= 11 is 0. The van der Waals surface area contributed by atoms with Crippen molar-refractivity contribution in [3.63, 3.8) is 0 Å². The number of benzene rings is 2. The molecule has 0 saturated heterocycles. The molecule has 0 bridgehead atoms. The summed E-state index contributed by atoms with van der Waals surface area (Å²) in [5, 5.41) is 8.79. The van der Waals surface area contributed by atoms with Crippen LogP contribution in [-0.2, 0) is 24.4 Å². The van der Waals surface area contributed by atoms with Gasteiger partial charge in [-0.1, -0.05) is 61.0 Å². The number of ether oxygens (including phenoxy) is 1. The number of carboxylic acids is 1. The molecule has 0 unspecified atom stereocenters. The maximum Gasteiger partial charge on any atom is 0.303 e. The molecule has 164 valence electrons. The van der Waals surface area contributed by atoms with Crippen LogP contribution in [0.25, 0.3) is 0 Å². The summed E-state index contributed by atoms with van der Waals surface area (Å²) < 4.78 is 5.95. The minimum atomic E-state index is -0.774. The Balaban J connectivity index is 1.54. The van der Waals surface area contributed by atoms with Gasteiger partial charge in [0.25, 0.3) is 0 Å². The molecule has 1 N–H and O–H groups in total. The fourth-order valence-corrected chi connectivity index (χ4v) is 3.78. The van der Waals surface area contributed by atoms with E-state index in [0.717, 1.165) is 42.9 Å². The molecular formula is C27H33NO3. The zero-order valence-corrected chi connectivity index (χ0v) is 18.6. The van der Waals surface area contributed by atoms with Gasteiger partial charge in [0, 0.05) is 19.5 Å². The molecule has 0 aliphatic heterocycles. The van der Waals surface area contributed by atoms with Crippen LogP contribution in [0.5, 0.6) is 5.75 Å². The number of aryl methyl sites for hydroxylation is 1. The van der Waals surface area contributed by atoms with Gasteiger partial charge in [0.05, 0.1) is 0 Å². The van der Waals surface area contributed by atoms with E-state index in [2.05, 4.69) is 55.2 Å². The lowest BCUT2D eigenvalue weighted by Crippen LogP contribution is -2.25. The van der Waals surface area contributed by atoms with Crippen LogP contribution in [0, 0.1) is 0 Å². The van der Waals surface area contributed by atoms with E-state index in [9.17, 15) is 4.79 Å². The highest BCUT2D eigenvalue weighted by molar-refractivity contribution is 5.67. The van der Waals surface area contributed by atoms with Gasteiger partial charge in [-0.25, -0.2) is 0 Å². The molecule has 3 rings (SSSR count). The number of likely N-dealkylation sites (N-methyl/N-ethyl adjacent to an activating group) is 1. The maximum atomic E-state index is 10.7.